The van der Waals surface area contributed by atoms with Gasteiger partial charge in [0.25, 0.3) is 0 Å². The Bertz CT molecular complexity index is 1010. The van der Waals surface area contributed by atoms with Crippen molar-refractivity contribution in [2.24, 2.45) is 4.99 Å². The number of benzene rings is 2. The Morgan fingerprint density at radius 2 is 1.89 bits per heavy atom. The molecule has 136 valence electrons. The minimum Gasteiger partial charge on any atom is -0.411 e. The van der Waals surface area contributed by atoms with Crippen LogP contribution < -0.4 is 0 Å². The fraction of sp³-hybridized carbons (Fsp3) is 0.158. The summed E-state index contributed by atoms with van der Waals surface area (Å²) in [4.78, 5) is 21.1. The van der Waals surface area contributed by atoms with Crippen LogP contribution in [0.25, 0.3) is 11.4 Å². The molecule has 6 nitrogen and oxygen atoms in total. The summed E-state index contributed by atoms with van der Waals surface area (Å²) in [6.45, 7) is 1.67. The smallest absolute Gasteiger partial charge is 0.338 e. The van der Waals surface area contributed by atoms with Gasteiger partial charge in [0.2, 0.25) is 5.16 Å². The number of H-pyrrole nitrogens is 1. The number of ether oxygens (including phenoxy) is 1. The van der Waals surface area contributed by atoms with Gasteiger partial charge in [0.05, 0.1) is 10.3 Å². The molecule has 0 saturated carbocycles. The molecule has 0 spiro atoms. The minimum absolute atomic E-state index is 0.300. The molecule has 4 rings (SSSR count). The third-order valence-electron chi connectivity index (χ3n) is 4.05. The van der Waals surface area contributed by atoms with E-state index in [2.05, 4.69) is 20.2 Å². The summed E-state index contributed by atoms with van der Waals surface area (Å²) in [5.41, 5.74) is 1.72. The topological polar surface area (TPSA) is 80.2 Å². The number of aromatic amines is 1. The molecule has 0 aliphatic carbocycles. The van der Waals surface area contributed by atoms with Gasteiger partial charge in [-0.25, -0.2) is 14.8 Å². The number of esters is 1. The summed E-state index contributed by atoms with van der Waals surface area (Å²) in [7, 11) is 0. The number of aliphatic imine (C=N–C) groups is 1. The van der Waals surface area contributed by atoms with Crippen molar-refractivity contribution in [2.45, 2.75) is 23.4 Å². The van der Waals surface area contributed by atoms with Gasteiger partial charge in [0, 0.05) is 12.5 Å². The van der Waals surface area contributed by atoms with Crippen LogP contribution in [0.15, 0.2) is 64.7 Å². The van der Waals surface area contributed by atoms with E-state index in [1.165, 1.54) is 11.8 Å². The Hall–Kier alpha value is -2.64. The van der Waals surface area contributed by atoms with Crippen LogP contribution >= 0.6 is 23.4 Å². The van der Waals surface area contributed by atoms with Gasteiger partial charge in [-0.2, -0.15) is 0 Å². The Balaban J connectivity index is 1.65. The Morgan fingerprint density at radius 3 is 2.59 bits per heavy atom. The summed E-state index contributed by atoms with van der Waals surface area (Å²) in [6, 6.07) is 16.4. The quantitative estimate of drug-likeness (QED) is 0.512. The van der Waals surface area contributed by atoms with Gasteiger partial charge in [0.15, 0.2) is 17.8 Å². The number of halogens is 1. The number of nitrogens with zero attached hydrogens (tertiary/aromatic N) is 3. The van der Waals surface area contributed by atoms with Crippen LogP contribution in [0.5, 0.6) is 0 Å². The third kappa shape index (κ3) is 3.74. The predicted molar refractivity (Wildman–Crippen MR) is 105 cm³/mol. The van der Waals surface area contributed by atoms with Gasteiger partial charge in [-0.05, 0) is 17.7 Å². The van der Waals surface area contributed by atoms with Gasteiger partial charge < -0.3 is 4.74 Å². The van der Waals surface area contributed by atoms with E-state index in [1.54, 1.807) is 13.0 Å². The maximum absolute atomic E-state index is 12.2. The molecule has 1 N–H and O–H groups in total. The van der Waals surface area contributed by atoms with Crippen LogP contribution in [0.3, 0.4) is 0 Å². The first-order valence-corrected chi connectivity index (χ1v) is 9.52. The van der Waals surface area contributed by atoms with E-state index in [9.17, 15) is 4.79 Å². The van der Waals surface area contributed by atoms with Crippen molar-refractivity contribution in [3.63, 3.8) is 0 Å². The van der Waals surface area contributed by atoms with Crippen molar-refractivity contribution in [2.75, 3.05) is 0 Å². The number of carbonyl (C=O) groups is 1. The van der Waals surface area contributed by atoms with Crippen molar-refractivity contribution in [1.29, 1.82) is 0 Å². The number of aromatic nitrogens is 3. The molecule has 1 aliphatic rings. The largest absolute Gasteiger partial charge is 0.411 e. The average molecular weight is 399 g/mol. The highest BCUT2D eigenvalue weighted by atomic mass is 35.5. The molecule has 8 heteroatoms. The molecule has 0 bridgehead atoms. The van der Waals surface area contributed by atoms with E-state index in [1.807, 2.05) is 48.5 Å². The molecule has 2 aromatic carbocycles. The number of carbonyl (C=O) groups excluding carboxylic acids is 1. The van der Waals surface area contributed by atoms with Crippen molar-refractivity contribution in [1.82, 2.24) is 15.2 Å². The molecule has 1 aromatic heterocycles. The zero-order valence-electron chi connectivity index (χ0n) is 14.3. The highest BCUT2D eigenvalue weighted by Crippen LogP contribution is 2.40. The molecular formula is C19H15ClN4O2S. The predicted octanol–water partition coefficient (Wildman–Crippen LogP) is 4.30. The average Bonchev–Trinajstić information content (AvgIpc) is 3.27. The second-order valence-corrected chi connectivity index (χ2v) is 7.43. The molecule has 3 aromatic rings. The van der Waals surface area contributed by atoms with Gasteiger partial charge in [-0.15, -0.1) is 5.10 Å². The molecule has 27 heavy (non-hydrogen) atoms. The van der Waals surface area contributed by atoms with E-state index in [0.29, 0.717) is 21.9 Å². The summed E-state index contributed by atoms with van der Waals surface area (Å²) in [5.74, 6) is 0.581. The van der Waals surface area contributed by atoms with Crippen molar-refractivity contribution in [3.8, 4) is 11.4 Å². The number of hydrogen-bond acceptors (Lipinski definition) is 6. The number of cyclic esters (lactones) is 1. The first-order valence-electron chi connectivity index (χ1n) is 8.27. The molecule has 2 atom stereocenters. The Kier molecular flexibility index (Phi) is 4.96. The maximum atomic E-state index is 12.2. The highest BCUT2D eigenvalue weighted by molar-refractivity contribution is 7.99. The molecular weight excluding hydrogens is 384 g/mol. The standard InChI is InChI=1S/C19H15ClN4O2S/c1-11-21-15(18(25)26-11)16(12-7-3-2-4-8-12)27-19-22-17(23-24-19)13-9-5-6-10-14(13)20/h2-10,15-16H,1H3,(H,22,23,24)/t15-,16+/m0/s1. The second-order valence-electron chi connectivity index (χ2n) is 5.91. The zero-order valence-corrected chi connectivity index (χ0v) is 15.9. The van der Waals surface area contributed by atoms with E-state index in [0.717, 1.165) is 11.1 Å². The van der Waals surface area contributed by atoms with Crippen LogP contribution in [0.2, 0.25) is 5.02 Å². The summed E-state index contributed by atoms with van der Waals surface area (Å²) >= 11 is 7.60. The molecule has 0 unspecified atom stereocenters. The van der Waals surface area contributed by atoms with Crippen LogP contribution in [0.4, 0.5) is 0 Å². The van der Waals surface area contributed by atoms with E-state index in [-0.39, 0.29) is 11.2 Å². The van der Waals surface area contributed by atoms with E-state index in [4.69, 9.17) is 16.3 Å². The first-order chi connectivity index (χ1) is 13.1. The van der Waals surface area contributed by atoms with Crippen LogP contribution in [-0.2, 0) is 9.53 Å². The Morgan fingerprint density at radius 1 is 1.15 bits per heavy atom. The van der Waals surface area contributed by atoms with Crippen molar-refractivity contribution < 1.29 is 9.53 Å². The monoisotopic (exact) mass is 398 g/mol. The van der Waals surface area contributed by atoms with E-state index < -0.39 is 6.04 Å². The lowest BCUT2D eigenvalue weighted by molar-refractivity contribution is -0.135. The number of rotatable bonds is 5. The molecule has 0 radical (unpaired) electrons. The lowest BCUT2D eigenvalue weighted by Crippen LogP contribution is -2.22. The highest BCUT2D eigenvalue weighted by Gasteiger charge is 2.37. The fourth-order valence-corrected chi connectivity index (χ4v) is 4.10. The Labute approximate surface area is 165 Å². The van der Waals surface area contributed by atoms with Gasteiger partial charge in [-0.3, -0.25) is 5.10 Å². The van der Waals surface area contributed by atoms with Crippen molar-refractivity contribution in [3.05, 3.63) is 65.2 Å². The lowest BCUT2D eigenvalue weighted by Gasteiger charge is -2.17. The molecule has 1 aliphatic heterocycles. The van der Waals surface area contributed by atoms with Crippen molar-refractivity contribution >= 4 is 35.2 Å². The van der Waals surface area contributed by atoms with Gasteiger partial charge in [-0.1, -0.05) is 65.8 Å². The molecule has 0 amide bonds. The summed E-state index contributed by atoms with van der Waals surface area (Å²) in [6.07, 6.45) is 0. The van der Waals surface area contributed by atoms with Crippen LogP contribution in [0, 0.1) is 0 Å². The summed E-state index contributed by atoms with van der Waals surface area (Å²) < 4.78 is 5.14. The van der Waals surface area contributed by atoms with Gasteiger partial charge >= 0.3 is 5.97 Å². The maximum Gasteiger partial charge on any atom is 0.338 e. The van der Waals surface area contributed by atoms with Crippen LogP contribution in [-0.4, -0.2) is 33.1 Å². The minimum atomic E-state index is -0.639. The number of thioether (sulfide) groups is 1. The fourth-order valence-electron chi connectivity index (χ4n) is 2.82. The second kappa shape index (κ2) is 7.54. The number of hydrogen-bond donors (Lipinski definition) is 1. The lowest BCUT2D eigenvalue weighted by atomic mass is 10.1. The molecule has 0 saturated heterocycles. The summed E-state index contributed by atoms with van der Waals surface area (Å²) in [5, 5.41) is 7.99. The first kappa shape index (κ1) is 17.8. The molecule has 0 fully saturated rings. The van der Waals surface area contributed by atoms with Crippen LogP contribution in [0.1, 0.15) is 17.7 Å². The van der Waals surface area contributed by atoms with E-state index >= 15 is 0 Å². The zero-order chi connectivity index (χ0) is 18.8. The third-order valence-corrected chi connectivity index (χ3v) is 5.56. The van der Waals surface area contributed by atoms with Gasteiger partial charge in [0.1, 0.15) is 0 Å². The normalized spacial score (nSPS) is 17.5. The number of nitrogens with one attached hydrogen (secondary N) is 1. The SMILES string of the molecule is CC1=N[C@@H]([C@H](Sc2n[nH]c(-c3ccccc3Cl)n2)c2ccccc2)C(=O)O1. The molecule has 2 heterocycles.